The molecule has 1 saturated heterocycles. The van der Waals surface area contributed by atoms with Crippen molar-refractivity contribution in [2.24, 2.45) is 0 Å². The van der Waals surface area contributed by atoms with Crippen molar-refractivity contribution in [3.05, 3.63) is 64.3 Å². The van der Waals surface area contributed by atoms with Gasteiger partial charge in [-0.3, -0.25) is 14.5 Å². The molecule has 1 fully saturated rings. The van der Waals surface area contributed by atoms with Crippen LogP contribution >= 0.6 is 11.8 Å². The number of rotatable bonds is 7. The monoisotopic (exact) mass is 401 g/mol. The average Bonchev–Trinajstić information content (AvgIpc) is 2.95. The van der Waals surface area contributed by atoms with E-state index in [1.165, 1.54) is 18.1 Å². The minimum atomic E-state index is -0.333. The van der Waals surface area contributed by atoms with Gasteiger partial charge in [0.2, 0.25) is 0 Å². The quantitative estimate of drug-likeness (QED) is 0.620. The minimum absolute atomic E-state index is 0.0677. The van der Waals surface area contributed by atoms with E-state index < -0.39 is 0 Å². The first-order chi connectivity index (χ1) is 13.5. The number of halogens is 1. The van der Waals surface area contributed by atoms with Crippen molar-refractivity contribution in [2.75, 3.05) is 13.7 Å². The average molecular weight is 401 g/mol. The summed E-state index contributed by atoms with van der Waals surface area (Å²) in [5.74, 6) is 0.302. The van der Waals surface area contributed by atoms with E-state index in [9.17, 15) is 14.0 Å². The third-order valence-electron chi connectivity index (χ3n) is 4.15. The van der Waals surface area contributed by atoms with Crippen molar-refractivity contribution >= 4 is 29.0 Å². The summed E-state index contributed by atoms with van der Waals surface area (Å²) in [6, 6.07) is 11.6. The number of hydrogen-bond acceptors (Lipinski definition) is 5. The van der Waals surface area contributed by atoms with E-state index >= 15 is 0 Å². The molecule has 0 radical (unpaired) electrons. The molecule has 5 nitrogen and oxygen atoms in total. The zero-order chi connectivity index (χ0) is 20.1. The fourth-order valence-corrected chi connectivity index (χ4v) is 3.60. The molecule has 28 heavy (non-hydrogen) atoms. The molecular formula is C21H20FNO4S. The summed E-state index contributed by atoms with van der Waals surface area (Å²) in [6.45, 7) is 2.39. The molecule has 3 rings (SSSR count). The first kappa shape index (κ1) is 19.9. The number of carbonyl (C=O) groups is 2. The van der Waals surface area contributed by atoms with Crippen LogP contribution in [-0.4, -0.2) is 29.7 Å². The molecule has 0 aromatic heterocycles. The fraction of sp³-hybridized carbons (Fsp3) is 0.238. The van der Waals surface area contributed by atoms with Gasteiger partial charge in [-0.15, -0.1) is 0 Å². The maximum atomic E-state index is 13.7. The summed E-state index contributed by atoms with van der Waals surface area (Å²) in [7, 11) is 1.50. The highest BCUT2D eigenvalue weighted by Crippen LogP contribution is 2.34. The van der Waals surface area contributed by atoms with Crippen molar-refractivity contribution in [3.63, 3.8) is 0 Å². The Balaban J connectivity index is 1.77. The van der Waals surface area contributed by atoms with Gasteiger partial charge in [0.05, 0.1) is 12.0 Å². The first-order valence-corrected chi connectivity index (χ1v) is 9.64. The highest BCUT2D eigenvalue weighted by molar-refractivity contribution is 8.18. The van der Waals surface area contributed by atoms with Crippen LogP contribution in [0.4, 0.5) is 9.18 Å². The Kier molecular flexibility index (Phi) is 6.36. The number of methoxy groups -OCH3 is 1. The highest BCUT2D eigenvalue weighted by Gasteiger charge is 2.34. The van der Waals surface area contributed by atoms with Crippen LogP contribution in [-0.2, 0) is 11.4 Å². The number of benzene rings is 2. The lowest BCUT2D eigenvalue weighted by Gasteiger charge is -2.12. The Morgan fingerprint density at radius 2 is 1.93 bits per heavy atom. The van der Waals surface area contributed by atoms with Gasteiger partial charge in [-0.05, 0) is 48.0 Å². The third kappa shape index (κ3) is 4.36. The van der Waals surface area contributed by atoms with Gasteiger partial charge in [-0.2, -0.15) is 0 Å². The Bertz CT molecular complexity index is 928. The lowest BCUT2D eigenvalue weighted by molar-refractivity contribution is -0.122. The van der Waals surface area contributed by atoms with Gasteiger partial charge in [0, 0.05) is 12.1 Å². The van der Waals surface area contributed by atoms with Gasteiger partial charge in [0.15, 0.2) is 11.5 Å². The topological polar surface area (TPSA) is 55.8 Å². The van der Waals surface area contributed by atoms with E-state index in [1.54, 1.807) is 42.5 Å². The van der Waals surface area contributed by atoms with E-state index in [2.05, 4.69) is 0 Å². The molecule has 1 heterocycles. The Labute approximate surface area is 167 Å². The summed E-state index contributed by atoms with van der Waals surface area (Å²) in [5.41, 5.74) is 1.15. The van der Waals surface area contributed by atoms with Crippen molar-refractivity contribution in [2.45, 2.75) is 20.0 Å². The number of nitrogens with zero attached hydrogens (tertiary/aromatic N) is 1. The second-order valence-corrected chi connectivity index (χ2v) is 7.12. The summed E-state index contributed by atoms with van der Waals surface area (Å²) in [6.07, 6.45) is 2.37. The minimum Gasteiger partial charge on any atom is -0.493 e. The normalized spacial score (nSPS) is 15.4. The molecule has 1 aliphatic rings. The molecule has 0 spiro atoms. The van der Waals surface area contributed by atoms with Crippen LogP contribution in [0, 0.1) is 5.82 Å². The summed E-state index contributed by atoms with van der Waals surface area (Å²) in [5, 5.41) is -0.255. The second kappa shape index (κ2) is 8.93. The van der Waals surface area contributed by atoms with E-state index in [0.717, 1.165) is 11.8 Å². The predicted octanol–water partition coefficient (Wildman–Crippen LogP) is 4.86. The number of thioether (sulfide) groups is 1. The first-order valence-electron chi connectivity index (χ1n) is 8.83. The Hall–Kier alpha value is -2.80. The van der Waals surface area contributed by atoms with E-state index in [4.69, 9.17) is 9.47 Å². The van der Waals surface area contributed by atoms with Crippen LogP contribution in [0.3, 0.4) is 0 Å². The molecule has 0 bridgehead atoms. The predicted molar refractivity (Wildman–Crippen MR) is 107 cm³/mol. The molecule has 2 aromatic rings. The largest absolute Gasteiger partial charge is 0.493 e. The number of carbonyl (C=O) groups excluding carboxylic acids is 2. The molecule has 2 amide bonds. The Morgan fingerprint density at radius 3 is 2.64 bits per heavy atom. The van der Waals surface area contributed by atoms with E-state index in [1.807, 2.05) is 6.92 Å². The van der Waals surface area contributed by atoms with Crippen LogP contribution in [0.5, 0.6) is 11.5 Å². The van der Waals surface area contributed by atoms with Crippen molar-refractivity contribution in [1.82, 2.24) is 4.90 Å². The van der Waals surface area contributed by atoms with Gasteiger partial charge in [0.1, 0.15) is 12.4 Å². The smallest absolute Gasteiger partial charge is 0.293 e. The SMILES string of the molecule is CCCN1C(=O)S/C(=C/c2ccc(OCc3ccccc3F)c(OC)c2)C1=O. The van der Waals surface area contributed by atoms with E-state index in [-0.39, 0.29) is 23.6 Å². The molecule has 0 N–H and O–H groups in total. The molecule has 2 aromatic carbocycles. The second-order valence-electron chi connectivity index (χ2n) is 6.12. The lowest BCUT2D eigenvalue weighted by atomic mass is 10.1. The molecule has 0 atom stereocenters. The summed E-state index contributed by atoms with van der Waals surface area (Å²) >= 11 is 0.928. The third-order valence-corrected chi connectivity index (χ3v) is 5.05. The summed E-state index contributed by atoms with van der Waals surface area (Å²) < 4.78 is 24.8. The van der Waals surface area contributed by atoms with Gasteiger partial charge >= 0.3 is 0 Å². The molecule has 0 unspecified atom stereocenters. The van der Waals surface area contributed by atoms with Crippen molar-refractivity contribution < 1.29 is 23.5 Å². The Morgan fingerprint density at radius 1 is 1.14 bits per heavy atom. The van der Waals surface area contributed by atoms with Crippen LogP contribution in [0.2, 0.25) is 0 Å². The number of amides is 2. The van der Waals surface area contributed by atoms with Crippen molar-refractivity contribution in [3.8, 4) is 11.5 Å². The molecule has 7 heteroatoms. The fourth-order valence-electron chi connectivity index (χ4n) is 2.73. The zero-order valence-electron chi connectivity index (χ0n) is 15.6. The number of imide groups is 1. The van der Waals surface area contributed by atoms with Gasteiger partial charge < -0.3 is 9.47 Å². The molecule has 0 saturated carbocycles. The van der Waals surface area contributed by atoms with Crippen LogP contribution in [0.1, 0.15) is 24.5 Å². The van der Waals surface area contributed by atoms with Gasteiger partial charge in [-0.1, -0.05) is 31.2 Å². The van der Waals surface area contributed by atoms with Crippen LogP contribution in [0.25, 0.3) is 6.08 Å². The molecule has 0 aliphatic carbocycles. The number of hydrogen-bond donors (Lipinski definition) is 0. The standard InChI is InChI=1S/C21H20FNO4S/c1-3-10-23-20(24)19(28-21(23)25)12-14-8-9-17(18(11-14)26-2)27-13-15-6-4-5-7-16(15)22/h4-9,11-12H,3,10,13H2,1-2H3/b19-12+. The summed E-state index contributed by atoms with van der Waals surface area (Å²) in [4.78, 5) is 25.9. The zero-order valence-corrected chi connectivity index (χ0v) is 16.4. The highest BCUT2D eigenvalue weighted by atomic mass is 32.2. The van der Waals surface area contributed by atoms with Gasteiger partial charge in [0.25, 0.3) is 11.1 Å². The lowest BCUT2D eigenvalue weighted by Crippen LogP contribution is -2.28. The van der Waals surface area contributed by atoms with Gasteiger partial charge in [-0.25, -0.2) is 4.39 Å². The molecule has 146 valence electrons. The molecular weight excluding hydrogens is 381 g/mol. The van der Waals surface area contributed by atoms with Crippen LogP contribution in [0.15, 0.2) is 47.4 Å². The number of ether oxygens (including phenoxy) is 2. The van der Waals surface area contributed by atoms with Crippen LogP contribution < -0.4 is 9.47 Å². The van der Waals surface area contributed by atoms with E-state index in [0.29, 0.717) is 40.5 Å². The molecule has 1 aliphatic heterocycles. The maximum Gasteiger partial charge on any atom is 0.293 e. The van der Waals surface area contributed by atoms with Crippen molar-refractivity contribution in [1.29, 1.82) is 0 Å². The maximum absolute atomic E-state index is 13.7.